The van der Waals surface area contributed by atoms with E-state index in [0.29, 0.717) is 18.1 Å². The zero-order valence-corrected chi connectivity index (χ0v) is 10.5. The van der Waals surface area contributed by atoms with E-state index in [9.17, 15) is 8.78 Å². The predicted octanol–water partition coefficient (Wildman–Crippen LogP) is 1.51. The first-order valence-corrected chi connectivity index (χ1v) is 5.78. The van der Waals surface area contributed by atoms with Gasteiger partial charge in [-0.3, -0.25) is 0 Å². The Kier molecular flexibility index (Phi) is 5.21. The fourth-order valence-corrected chi connectivity index (χ4v) is 1.54. The molecule has 0 bridgehead atoms. The summed E-state index contributed by atoms with van der Waals surface area (Å²) in [5.74, 6) is -2.15. The first kappa shape index (κ1) is 14.6. The van der Waals surface area contributed by atoms with E-state index in [0.717, 1.165) is 12.0 Å². The summed E-state index contributed by atoms with van der Waals surface area (Å²) < 4.78 is 25.9. The molecule has 0 unspecified atom stereocenters. The van der Waals surface area contributed by atoms with E-state index >= 15 is 0 Å². The van der Waals surface area contributed by atoms with Crippen molar-refractivity contribution in [1.29, 1.82) is 0 Å². The predicted molar refractivity (Wildman–Crippen MR) is 66.1 cm³/mol. The normalized spacial score (nSPS) is 11.4. The Morgan fingerprint density at radius 2 is 2.00 bits per heavy atom. The second-order valence-electron chi connectivity index (χ2n) is 3.92. The number of aliphatic hydroxyl groups is 1. The molecule has 1 aromatic heterocycles. The van der Waals surface area contributed by atoms with Gasteiger partial charge < -0.3 is 15.7 Å². The van der Waals surface area contributed by atoms with Gasteiger partial charge in [0, 0.05) is 12.6 Å². The molecule has 0 aromatic carbocycles. The van der Waals surface area contributed by atoms with Crippen molar-refractivity contribution in [1.82, 2.24) is 9.97 Å². The van der Waals surface area contributed by atoms with Gasteiger partial charge in [-0.25, -0.2) is 18.7 Å². The number of hydrogen-bond donors (Lipinski definition) is 3. The molecule has 3 N–H and O–H groups in total. The van der Waals surface area contributed by atoms with Crippen LogP contribution in [0.25, 0.3) is 0 Å². The molecule has 1 heterocycles. The third-order valence-corrected chi connectivity index (χ3v) is 2.43. The third-order valence-electron chi connectivity index (χ3n) is 2.43. The van der Waals surface area contributed by atoms with Gasteiger partial charge in [-0.1, -0.05) is 13.3 Å². The number of nitrogens with one attached hydrogen (secondary N) is 2. The first-order valence-electron chi connectivity index (χ1n) is 5.78. The van der Waals surface area contributed by atoms with Crippen LogP contribution < -0.4 is 10.6 Å². The minimum atomic E-state index is -3.16. The fourth-order valence-electron chi connectivity index (χ4n) is 1.54. The van der Waals surface area contributed by atoms with Crippen molar-refractivity contribution in [3.8, 4) is 0 Å². The summed E-state index contributed by atoms with van der Waals surface area (Å²) in [6.45, 7) is 0.145. The van der Waals surface area contributed by atoms with Gasteiger partial charge in [-0.2, -0.15) is 0 Å². The minimum Gasteiger partial charge on any atom is -0.390 e. The van der Waals surface area contributed by atoms with Crippen LogP contribution in [0.2, 0.25) is 0 Å². The number of halogens is 2. The van der Waals surface area contributed by atoms with E-state index in [1.807, 2.05) is 6.92 Å². The SMILES string of the molecule is CCCc1c(NC)ncnc1NCC(F)(F)CO. The highest BCUT2D eigenvalue weighted by molar-refractivity contribution is 5.57. The molecule has 1 rings (SSSR count). The molecule has 0 amide bonds. The molecule has 0 saturated carbocycles. The molecule has 18 heavy (non-hydrogen) atoms. The lowest BCUT2D eigenvalue weighted by atomic mass is 10.1. The number of aliphatic hydroxyl groups excluding tert-OH is 1. The molecule has 0 radical (unpaired) electrons. The highest BCUT2D eigenvalue weighted by atomic mass is 19.3. The molecule has 102 valence electrons. The van der Waals surface area contributed by atoms with Crippen LogP contribution >= 0.6 is 0 Å². The second kappa shape index (κ2) is 6.44. The molecule has 0 fully saturated rings. The summed E-state index contributed by atoms with van der Waals surface area (Å²) >= 11 is 0. The van der Waals surface area contributed by atoms with Gasteiger partial charge in [0.2, 0.25) is 0 Å². The summed E-state index contributed by atoms with van der Waals surface area (Å²) in [7, 11) is 1.72. The summed E-state index contributed by atoms with van der Waals surface area (Å²) in [6.07, 6.45) is 2.85. The fraction of sp³-hybridized carbons (Fsp3) is 0.636. The van der Waals surface area contributed by atoms with Gasteiger partial charge in [0.25, 0.3) is 5.92 Å². The number of rotatable bonds is 7. The number of alkyl halides is 2. The Morgan fingerprint density at radius 1 is 1.33 bits per heavy atom. The van der Waals surface area contributed by atoms with Crippen LogP contribution in [0.15, 0.2) is 6.33 Å². The van der Waals surface area contributed by atoms with Gasteiger partial charge in [0.1, 0.15) is 24.6 Å². The lowest BCUT2D eigenvalue weighted by Gasteiger charge is -2.17. The zero-order valence-electron chi connectivity index (χ0n) is 10.5. The Bertz CT molecular complexity index is 387. The number of anilines is 2. The monoisotopic (exact) mass is 260 g/mol. The van der Waals surface area contributed by atoms with E-state index in [1.54, 1.807) is 7.05 Å². The standard InChI is InChI=1S/C11H18F2N4O/c1-3-4-8-9(14-2)16-7-17-10(8)15-5-11(12,13)6-18/h7,18H,3-6H2,1-2H3,(H2,14,15,16,17). The molecule has 0 aliphatic carbocycles. The van der Waals surface area contributed by atoms with Crippen LogP contribution in [-0.4, -0.2) is 41.2 Å². The van der Waals surface area contributed by atoms with Gasteiger partial charge in [0.15, 0.2) is 0 Å². The van der Waals surface area contributed by atoms with E-state index in [4.69, 9.17) is 5.11 Å². The first-order chi connectivity index (χ1) is 8.54. The molecule has 0 spiro atoms. The number of aromatic nitrogens is 2. The Morgan fingerprint density at radius 3 is 2.56 bits per heavy atom. The quantitative estimate of drug-likeness (QED) is 0.693. The van der Waals surface area contributed by atoms with Crippen molar-refractivity contribution in [2.24, 2.45) is 0 Å². The van der Waals surface area contributed by atoms with Crippen LogP contribution in [0.5, 0.6) is 0 Å². The van der Waals surface area contributed by atoms with Crippen LogP contribution in [-0.2, 0) is 6.42 Å². The van der Waals surface area contributed by atoms with Crippen LogP contribution in [0.4, 0.5) is 20.4 Å². The molecule has 5 nitrogen and oxygen atoms in total. The lowest BCUT2D eigenvalue weighted by Crippen LogP contribution is -2.31. The lowest BCUT2D eigenvalue weighted by molar-refractivity contribution is -0.0373. The largest absolute Gasteiger partial charge is 0.390 e. The molecule has 0 aliphatic rings. The summed E-state index contributed by atoms with van der Waals surface area (Å²) in [5, 5.41) is 14.0. The van der Waals surface area contributed by atoms with E-state index in [-0.39, 0.29) is 0 Å². The summed E-state index contributed by atoms with van der Waals surface area (Å²) in [6, 6.07) is 0. The highest BCUT2D eigenvalue weighted by Gasteiger charge is 2.28. The van der Waals surface area contributed by atoms with Gasteiger partial charge >= 0.3 is 0 Å². The average molecular weight is 260 g/mol. The molecule has 7 heteroatoms. The maximum absolute atomic E-state index is 13.0. The molecular formula is C11H18F2N4O. The molecular weight excluding hydrogens is 242 g/mol. The zero-order chi connectivity index (χ0) is 13.6. The van der Waals surface area contributed by atoms with E-state index in [2.05, 4.69) is 20.6 Å². The molecule has 1 aromatic rings. The van der Waals surface area contributed by atoms with E-state index in [1.165, 1.54) is 6.33 Å². The van der Waals surface area contributed by atoms with Crippen molar-refractivity contribution >= 4 is 11.6 Å². The Hall–Kier alpha value is -1.50. The van der Waals surface area contributed by atoms with Crippen molar-refractivity contribution in [3.05, 3.63) is 11.9 Å². The Labute approximate surface area is 105 Å². The van der Waals surface area contributed by atoms with Crippen molar-refractivity contribution in [3.63, 3.8) is 0 Å². The summed E-state index contributed by atoms with van der Waals surface area (Å²) in [5.41, 5.74) is 0.774. The van der Waals surface area contributed by atoms with Crippen molar-refractivity contribution in [2.45, 2.75) is 25.7 Å². The second-order valence-corrected chi connectivity index (χ2v) is 3.92. The maximum Gasteiger partial charge on any atom is 0.287 e. The Balaban J connectivity index is 2.87. The van der Waals surface area contributed by atoms with Crippen molar-refractivity contribution < 1.29 is 13.9 Å². The van der Waals surface area contributed by atoms with Crippen molar-refractivity contribution in [2.75, 3.05) is 30.8 Å². The summed E-state index contributed by atoms with van der Waals surface area (Å²) in [4.78, 5) is 8.01. The van der Waals surface area contributed by atoms with Crippen LogP contribution in [0.1, 0.15) is 18.9 Å². The maximum atomic E-state index is 13.0. The van der Waals surface area contributed by atoms with Gasteiger partial charge in [0.05, 0.1) is 6.54 Å². The average Bonchev–Trinajstić information content (AvgIpc) is 2.38. The van der Waals surface area contributed by atoms with Gasteiger partial charge in [-0.15, -0.1) is 0 Å². The topological polar surface area (TPSA) is 70.1 Å². The molecule has 0 saturated heterocycles. The highest BCUT2D eigenvalue weighted by Crippen LogP contribution is 2.22. The van der Waals surface area contributed by atoms with Crippen LogP contribution in [0, 0.1) is 0 Å². The number of hydrogen-bond acceptors (Lipinski definition) is 5. The smallest absolute Gasteiger partial charge is 0.287 e. The molecule has 0 aliphatic heterocycles. The van der Waals surface area contributed by atoms with Gasteiger partial charge in [-0.05, 0) is 6.42 Å². The minimum absolute atomic E-state index is 0.379. The third kappa shape index (κ3) is 3.76. The number of nitrogens with zero attached hydrogens (tertiary/aromatic N) is 2. The molecule has 0 atom stereocenters. The van der Waals surface area contributed by atoms with E-state index < -0.39 is 19.1 Å². The van der Waals surface area contributed by atoms with Crippen LogP contribution in [0.3, 0.4) is 0 Å².